The maximum Gasteiger partial charge on any atom is 0.494 e. The molecule has 2 nitrogen and oxygen atoms in total. The van der Waals surface area contributed by atoms with Gasteiger partial charge in [-0.05, 0) is 103 Å². The summed E-state index contributed by atoms with van der Waals surface area (Å²) in [5, 5.41) is 0. The van der Waals surface area contributed by atoms with Crippen molar-refractivity contribution in [2.75, 3.05) is 0 Å². The standard InChI is InChI=1S/C35H37BO2.C2H6/c1-7-35(8-2)31-18-10-9-17-29(31)30-20-19-27(23-32(30)35)25-14-11-13-24(21-25)26-15-12-16-28(22-26)36-37-33(3,4)34(5,6)38-36;1-2/h9-23H,7-8H2,1-6H3;1-2H3. The van der Waals surface area contributed by atoms with Gasteiger partial charge in [0, 0.05) is 5.41 Å². The highest BCUT2D eigenvalue weighted by Gasteiger charge is 2.51. The van der Waals surface area contributed by atoms with Crippen LogP contribution in [0.4, 0.5) is 0 Å². The lowest BCUT2D eigenvalue weighted by atomic mass is 9.73. The molecule has 0 amide bonds. The van der Waals surface area contributed by atoms with Crippen molar-refractivity contribution in [2.45, 2.75) is 84.8 Å². The van der Waals surface area contributed by atoms with Crippen molar-refractivity contribution in [1.82, 2.24) is 0 Å². The summed E-state index contributed by atoms with van der Waals surface area (Å²) in [6.45, 7) is 17.1. The van der Waals surface area contributed by atoms with Crippen LogP contribution in [-0.2, 0) is 14.7 Å². The molecule has 1 aliphatic carbocycles. The highest BCUT2D eigenvalue weighted by molar-refractivity contribution is 6.62. The Balaban J connectivity index is 0.00000158. The van der Waals surface area contributed by atoms with E-state index in [0.717, 1.165) is 18.3 Å². The third-order valence-electron chi connectivity index (χ3n) is 9.42. The third-order valence-corrected chi connectivity index (χ3v) is 9.42. The van der Waals surface area contributed by atoms with Gasteiger partial charge in [-0.3, -0.25) is 0 Å². The average Bonchev–Trinajstić information content (AvgIpc) is 3.39. The van der Waals surface area contributed by atoms with Gasteiger partial charge in [0.2, 0.25) is 0 Å². The fourth-order valence-electron chi connectivity index (χ4n) is 6.37. The van der Waals surface area contributed by atoms with Gasteiger partial charge in [-0.2, -0.15) is 0 Å². The van der Waals surface area contributed by atoms with Gasteiger partial charge in [-0.25, -0.2) is 0 Å². The minimum absolute atomic E-state index is 0.0801. The lowest BCUT2D eigenvalue weighted by Gasteiger charge is -2.32. The molecule has 0 saturated carbocycles. The van der Waals surface area contributed by atoms with Gasteiger partial charge in [-0.15, -0.1) is 0 Å². The van der Waals surface area contributed by atoms with E-state index < -0.39 is 0 Å². The molecule has 6 rings (SSSR count). The van der Waals surface area contributed by atoms with E-state index >= 15 is 0 Å². The summed E-state index contributed by atoms with van der Waals surface area (Å²) in [4.78, 5) is 0. The van der Waals surface area contributed by atoms with Crippen molar-refractivity contribution in [1.29, 1.82) is 0 Å². The molecule has 4 aromatic rings. The van der Waals surface area contributed by atoms with E-state index in [2.05, 4.69) is 133 Å². The van der Waals surface area contributed by atoms with E-state index in [1.807, 2.05) is 13.8 Å². The van der Waals surface area contributed by atoms with Gasteiger partial charge in [0.1, 0.15) is 0 Å². The molecule has 206 valence electrons. The second-order valence-corrected chi connectivity index (χ2v) is 11.9. The van der Waals surface area contributed by atoms with Crippen molar-refractivity contribution in [3.63, 3.8) is 0 Å². The maximum absolute atomic E-state index is 6.32. The smallest absolute Gasteiger partial charge is 0.399 e. The normalized spacial score (nSPS) is 17.6. The number of rotatable bonds is 5. The summed E-state index contributed by atoms with van der Waals surface area (Å²) in [6.07, 6.45) is 2.20. The molecule has 0 bridgehead atoms. The first-order valence-corrected chi connectivity index (χ1v) is 15.0. The minimum Gasteiger partial charge on any atom is -0.399 e. The largest absolute Gasteiger partial charge is 0.494 e. The van der Waals surface area contributed by atoms with Crippen molar-refractivity contribution >= 4 is 12.6 Å². The summed E-state index contributed by atoms with van der Waals surface area (Å²) >= 11 is 0. The Morgan fingerprint density at radius 1 is 0.550 bits per heavy atom. The van der Waals surface area contributed by atoms with Crippen LogP contribution in [-0.4, -0.2) is 18.3 Å². The summed E-state index contributed by atoms with van der Waals surface area (Å²) in [6, 6.07) is 33.5. The van der Waals surface area contributed by atoms with E-state index in [9.17, 15) is 0 Å². The second kappa shape index (κ2) is 10.7. The summed E-state index contributed by atoms with van der Waals surface area (Å²) in [5.41, 5.74) is 11.0. The minimum atomic E-state index is -0.363. The van der Waals surface area contributed by atoms with E-state index in [-0.39, 0.29) is 23.7 Å². The predicted molar refractivity (Wildman–Crippen MR) is 171 cm³/mol. The average molecular weight is 531 g/mol. The van der Waals surface area contributed by atoms with E-state index in [0.29, 0.717) is 0 Å². The molecule has 0 spiro atoms. The van der Waals surface area contributed by atoms with Crippen molar-refractivity contribution in [2.24, 2.45) is 0 Å². The maximum atomic E-state index is 6.32. The molecule has 0 radical (unpaired) electrons. The van der Waals surface area contributed by atoms with Crippen LogP contribution >= 0.6 is 0 Å². The lowest BCUT2D eigenvalue weighted by molar-refractivity contribution is 0.00578. The van der Waals surface area contributed by atoms with Crippen molar-refractivity contribution in [3.05, 3.63) is 102 Å². The lowest BCUT2D eigenvalue weighted by Crippen LogP contribution is -2.41. The van der Waals surface area contributed by atoms with Gasteiger partial charge >= 0.3 is 7.12 Å². The molecule has 1 heterocycles. The van der Waals surface area contributed by atoms with E-state index in [1.165, 1.54) is 44.5 Å². The molecule has 0 unspecified atom stereocenters. The topological polar surface area (TPSA) is 18.5 Å². The van der Waals surface area contributed by atoms with Gasteiger partial charge in [0.05, 0.1) is 11.2 Å². The third kappa shape index (κ3) is 4.54. The van der Waals surface area contributed by atoms with Crippen LogP contribution in [0.25, 0.3) is 33.4 Å². The summed E-state index contributed by atoms with van der Waals surface area (Å²) in [5.74, 6) is 0. The quantitative estimate of drug-likeness (QED) is 0.239. The Morgan fingerprint density at radius 3 is 1.70 bits per heavy atom. The van der Waals surface area contributed by atoms with Crippen molar-refractivity contribution < 1.29 is 9.31 Å². The van der Waals surface area contributed by atoms with Crippen LogP contribution in [0.3, 0.4) is 0 Å². The SMILES string of the molecule is CC.CCC1(CC)c2ccccc2-c2ccc(-c3cccc(-c4cccc(B5OC(C)(C)C(C)(C)O5)c4)c3)cc21. The Labute approximate surface area is 241 Å². The molecule has 0 N–H and O–H groups in total. The molecule has 3 heteroatoms. The molecule has 1 saturated heterocycles. The fourth-order valence-corrected chi connectivity index (χ4v) is 6.37. The Kier molecular flexibility index (Phi) is 7.59. The molecule has 40 heavy (non-hydrogen) atoms. The molecule has 0 aromatic heterocycles. The first kappa shape index (κ1) is 28.4. The molecular formula is C37H43BO2. The first-order chi connectivity index (χ1) is 19.2. The van der Waals surface area contributed by atoms with Crippen LogP contribution in [0, 0.1) is 0 Å². The highest BCUT2D eigenvalue weighted by Crippen LogP contribution is 2.53. The van der Waals surface area contributed by atoms with E-state index in [4.69, 9.17) is 9.31 Å². The van der Waals surface area contributed by atoms with E-state index in [1.54, 1.807) is 0 Å². The first-order valence-electron chi connectivity index (χ1n) is 15.0. The molecule has 0 atom stereocenters. The van der Waals surface area contributed by atoms with Gasteiger partial charge in [-0.1, -0.05) is 107 Å². The van der Waals surface area contributed by atoms with Gasteiger partial charge in [0.25, 0.3) is 0 Å². The number of benzene rings is 4. The molecular weight excluding hydrogens is 487 g/mol. The molecule has 1 fully saturated rings. The Morgan fingerprint density at radius 2 is 1.07 bits per heavy atom. The number of hydrogen-bond acceptors (Lipinski definition) is 2. The highest BCUT2D eigenvalue weighted by atomic mass is 16.7. The van der Waals surface area contributed by atoms with Crippen LogP contribution < -0.4 is 5.46 Å². The van der Waals surface area contributed by atoms with Crippen LogP contribution in [0.5, 0.6) is 0 Å². The Hall–Kier alpha value is -3.14. The summed E-state index contributed by atoms with van der Waals surface area (Å²) < 4.78 is 12.6. The van der Waals surface area contributed by atoms with Crippen LogP contribution in [0.1, 0.15) is 79.4 Å². The molecule has 4 aromatic carbocycles. The summed E-state index contributed by atoms with van der Waals surface area (Å²) in [7, 11) is -0.363. The zero-order chi connectivity index (χ0) is 28.7. The zero-order valence-electron chi connectivity index (χ0n) is 25.5. The zero-order valence-corrected chi connectivity index (χ0v) is 25.5. The Bertz CT molecular complexity index is 1500. The predicted octanol–water partition coefficient (Wildman–Crippen LogP) is 9.43. The number of hydrogen-bond donors (Lipinski definition) is 0. The molecule has 2 aliphatic rings. The fraction of sp³-hybridized carbons (Fsp3) is 0.351. The van der Waals surface area contributed by atoms with Gasteiger partial charge in [0.15, 0.2) is 0 Å². The van der Waals surface area contributed by atoms with Crippen LogP contribution in [0.2, 0.25) is 0 Å². The molecule has 1 aliphatic heterocycles. The van der Waals surface area contributed by atoms with Crippen molar-refractivity contribution in [3.8, 4) is 33.4 Å². The second-order valence-electron chi connectivity index (χ2n) is 11.9. The van der Waals surface area contributed by atoms with Crippen LogP contribution in [0.15, 0.2) is 91.0 Å². The monoisotopic (exact) mass is 530 g/mol. The van der Waals surface area contributed by atoms with Gasteiger partial charge < -0.3 is 9.31 Å². The number of fused-ring (bicyclic) bond motifs is 3.